The van der Waals surface area contributed by atoms with E-state index < -0.39 is 23.1 Å². The second-order valence-corrected chi connectivity index (χ2v) is 9.39. The number of nitrogens with zero attached hydrogens (tertiary/aromatic N) is 2. The Hall–Kier alpha value is -3.62. The second-order valence-electron chi connectivity index (χ2n) is 9.39. The number of ether oxygens (including phenoxy) is 1. The number of hydrogen-bond acceptors (Lipinski definition) is 4. The van der Waals surface area contributed by atoms with Crippen LogP contribution in [-0.4, -0.2) is 48.7 Å². The summed E-state index contributed by atoms with van der Waals surface area (Å²) in [7, 11) is 0. The van der Waals surface area contributed by atoms with Crippen molar-refractivity contribution in [3.63, 3.8) is 0 Å². The molecular formula is C27H28F3N3O3. The average molecular weight is 500 g/mol. The molecule has 2 aromatic carbocycles. The van der Waals surface area contributed by atoms with E-state index in [-0.39, 0.29) is 17.6 Å². The van der Waals surface area contributed by atoms with Crippen molar-refractivity contribution in [1.82, 2.24) is 4.90 Å². The molecule has 2 aromatic rings. The van der Waals surface area contributed by atoms with E-state index in [4.69, 9.17) is 4.74 Å². The molecule has 1 fully saturated rings. The summed E-state index contributed by atoms with van der Waals surface area (Å²) in [5.74, 6) is -0.0000186. The van der Waals surface area contributed by atoms with E-state index in [0.29, 0.717) is 43.9 Å². The molecular weight excluding hydrogens is 471 g/mol. The van der Waals surface area contributed by atoms with Gasteiger partial charge in [-0.15, -0.1) is 0 Å². The number of allylic oxidation sites excluding steroid dienone is 1. The van der Waals surface area contributed by atoms with Crippen LogP contribution in [0.3, 0.4) is 0 Å². The molecule has 36 heavy (non-hydrogen) atoms. The first-order valence-electron chi connectivity index (χ1n) is 11.8. The fourth-order valence-corrected chi connectivity index (χ4v) is 4.31. The molecule has 0 spiro atoms. The number of amides is 2. The number of anilines is 1. The number of aryl methyl sites for hydroxylation is 1. The molecule has 1 atom stereocenters. The summed E-state index contributed by atoms with van der Waals surface area (Å²) in [6, 6.07) is 9.42. The van der Waals surface area contributed by atoms with E-state index in [1.807, 2.05) is 24.8 Å². The van der Waals surface area contributed by atoms with Gasteiger partial charge in [0.05, 0.1) is 17.5 Å². The van der Waals surface area contributed by atoms with Gasteiger partial charge >= 0.3 is 6.18 Å². The van der Waals surface area contributed by atoms with Gasteiger partial charge in [0, 0.05) is 49.5 Å². The van der Waals surface area contributed by atoms with Crippen LogP contribution < -0.4 is 10.1 Å². The summed E-state index contributed by atoms with van der Waals surface area (Å²) in [5.41, 5.74) is -0.303. The molecule has 1 unspecified atom stereocenters. The molecule has 190 valence electrons. The lowest BCUT2D eigenvalue weighted by Gasteiger charge is -2.37. The summed E-state index contributed by atoms with van der Waals surface area (Å²) in [5, 5.41) is 2.65. The highest BCUT2D eigenvalue weighted by Gasteiger charge is 2.37. The Balaban J connectivity index is 1.37. The number of dihydropyridines is 1. The van der Waals surface area contributed by atoms with Gasteiger partial charge in [0.2, 0.25) is 5.91 Å². The quantitative estimate of drug-likeness (QED) is 0.608. The normalized spacial score (nSPS) is 20.3. The number of nitrogens with one attached hydrogen (secondary N) is 1. The first kappa shape index (κ1) is 25.5. The number of hydrogen-bond donors (Lipinski definition) is 1. The van der Waals surface area contributed by atoms with Crippen LogP contribution in [0.15, 0.2) is 59.6 Å². The van der Waals surface area contributed by atoms with E-state index in [1.165, 1.54) is 12.1 Å². The van der Waals surface area contributed by atoms with Crippen LogP contribution in [0.5, 0.6) is 5.75 Å². The van der Waals surface area contributed by atoms with Gasteiger partial charge in [-0.3, -0.25) is 14.6 Å². The zero-order valence-corrected chi connectivity index (χ0v) is 20.1. The molecule has 1 saturated heterocycles. The van der Waals surface area contributed by atoms with E-state index in [0.717, 1.165) is 17.7 Å². The third-order valence-electron chi connectivity index (χ3n) is 6.48. The van der Waals surface area contributed by atoms with Gasteiger partial charge in [-0.25, -0.2) is 0 Å². The van der Waals surface area contributed by atoms with Crippen molar-refractivity contribution in [1.29, 1.82) is 0 Å². The summed E-state index contributed by atoms with van der Waals surface area (Å²) in [6.45, 7) is 5.36. The van der Waals surface area contributed by atoms with Gasteiger partial charge in [-0.1, -0.05) is 18.2 Å². The van der Waals surface area contributed by atoms with Gasteiger partial charge in [0.15, 0.2) is 0 Å². The molecule has 2 amide bonds. The van der Waals surface area contributed by atoms with Crippen molar-refractivity contribution in [2.24, 2.45) is 10.4 Å². The summed E-state index contributed by atoms with van der Waals surface area (Å²) >= 11 is 0. The first-order valence-corrected chi connectivity index (χ1v) is 11.8. The number of carbonyl (C=O) groups is 2. The van der Waals surface area contributed by atoms with Crippen molar-refractivity contribution < 1.29 is 27.5 Å². The lowest BCUT2D eigenvalue weighted by Crippen LogP contribution is -2.48. The smallest absolute Gasteiger partial charge is 0.416 e. The number of benzene rings is 2. The monoisotopic (exact) mass is 499 g/mol. The zero-order chi connectivity index (χ0) is 25.9. The average Bonchev–Trinajstić information content (AvgIpc) is 2.86. The maximum atomic E-state index is 13.0. The fraction of sp³-hybridized carbons (Fsp3) is 0.370. The lowest BCUT2D eigenvalue weighted by atomic mass is 9.86. The van der Waals surface area contributed by atoms with Gasteiger partial charge in [-0.05, 0) is 49.8 Å². The third kappa shape index (κ3) is 5.78. The predicted octanol–water partition coefficient (Wildman–Crippen LogP) is 5.28. The molecule has 0 bridgehead atoms. The topological polar surface area (TPSA) is 71.0 Å². The van der Waals surface area contributed by atoms with E-state index in [2.05, 4.69) is 10.3 Å². The third-order valence-corrected chi connectivity index (χ3v) is 6.48. The number of piperidine rings is 1. The Labute approximate surface area is 207 Å². The van der Waals surface area contributed by atoms with Crippen LogP contribution >= 0.6 is 0 Å². The summed E-state index contributed by atoms with van der Waals surface area (Å²) in [4.78, 5) is 31.6. The Morgan fingerprint density at radius 1 is 1.14 bits per heavy atom. The molecule has 0 aromatic heterocycles. The Morgan fingerprint density at radius 2 is 1.89 bits per heavy atom. The molecule has 2 aliphatic rings. The fourth-order valence-electron chi connectivity index (χ4n) is 4.31. The van der Waals surface area contributed by atoms with Gasteiger partial charge < -0.3 is 15.0 Å². The maximum Gasteiger partial charge on any atom is 0.416 e. The van der Waals surface area contributed by atoms with Crippen molar-refractivity contribution in [3.8, 4) is 5.75 Å². The predicted molar refractivity (Wildman–Crippen MR) is 131 cm³/mol. The Morgan fingerprint density at radius 3 is 2.56 bits per heavy atom. The van der Waals surface area contributed by atoms with Crippen LogP contribution in [-0.2, 0) is 11.0 Å². The highest BCUT2D eigenvalue weighted by Crippen LogP contribution is 2.31. The number of alkyl halides is 3. The highest BCUT2D eigenvalue weighted by atomic mass is 19.4. The maximum absolute atomic E-state index is 13.0. The standard InChI is InChI=1S/C27H28F3N3O3/c1-18-7-8-21(32-24(34)19-5-3-6-20(15-19)27(28,29)30)16-23(18)36-22-9-13-33(14-10-22)25(35)26(2)11-4-12-31-17-26/h3-8,11-12,15-16,22H,9-10,13-14,17H2,1-2H3,(H,32,34). The molecule has 6 nitrogen and oxygen atoms in total. The van der Waals surface area contributed by atoms with Crippen LogP contribution in [0.1, 0.15) is 41.3 Å². The zero-order valence-electron chi connectivity index (χ0n) is 20.1. The molecule has 9 heteroatoms. The van der Waals surface area contributed by atoms with Crippen LogP contribution in [0.2, 0.25) is 0 Å². The minimum absolute atomic E-state index is 0.0598. The number of carbonyl (C=O) groups excluding carboxylic acids is 2. The summed E-state index contributed by atoms with van der Waals surface area (Å²) in [6.07, 6.45) is 2.10. The van der Waals surface area contributed by atoms with E-state index >= 15 is 0 Å². The van der Waals surface area contributed by atoms with Crippen molar-refractivity contribution in [2.45, 2.75) is 39.0 Å². The molecule has 2 aliphatic heterocycles. The van der Waals surface area contributed by atoms with Crippen LogP contribution in [0.4, 0.5) is 18.9 Å². The van der Waals surface area contributed by atoms with Gasteiger partial charge in [0.1, 0.15) is 11.9 Å². The number of rotatable bonds is 5. The van der Waals surface area contributed by atoms with Crippen molar-refractivity contribution >= 4 is 23.7 Å². The highest BCUT2D eigenvalue weighted by molar-refractivity contribution is 6.04. The largest absolute Gasteiger partial charge is 0.490 e. The van der Waals surface area contributed by atoms with Gasteiger partial charge in [0.25, 0.3) is 5.91 Å². The molecule has 2 heterocycles. The second kappa shape index (κ2) is 10.2. The SMILES string of the molecule is Cc1ccc(NC(=O)c2cccc(C(F)(F)F)c2)cc1OC1CCN(C(=O)C2(C)C=CC=NC2)CC1. The van der Waals surface area contributed by atoms with Gasteiger partial charge in [-0.2, -0.15) is 13.2 Å². The minimum atomic E-state index is -4.53. The molecule has 0 radical (unpaired) electrons. The number of aliphatic imine (C=N–C) groups is 1. The minimum Gasteiger partial charge on any atom is -0.490 e. The molecule has 0 aliphatic carbocycles. The Kier molecular flexibility index (Phi) is 7.19. The molecule has 1 N–H and O–H groups in total. The van der Waals surface area contributed by atoms with Crippen LogP contribution in [0.25, 0.3) is 0 Å². The number of likely N-dealkylation sites (tertiary alicyclic amines) is 1. The number of halogens is 3. The summed E-state index contributed by atoms with van der Waals surface area (Å²) < 4.78 is 45.1. The first-order chi connectivity index (χ1) is 17.0. The van der Waals surface area contributed by atoms with Crippen molar-refractivity contribution in [2.75, 3.05) is 25.0 Å². The van der Waals surface area contributed by atoms with E-state index in [1.54, 1.807) is 30.5 Å². The van der Waals surface area contributed by atoms with Crippen molar-refractivity contribution in [3.05, 3.63) is 71.3 Å². The molecule has 4 rings (SSSR count). The Bertz CT molecular complexity index is 1200. The lowest BCUT2D eigenvalue weighted by molar-refractivity contribution is -0.140. The molecule has 0 saturated carbocycles. The van der Waals surface area contributed by atoms with E-state index in [9.17, 15) is 22.8 Å². The van der Waals surface area contributed by atoms with Crippen LogP contribution in [0, 0.1) is 12.3 Å².